The van der Waals surface area contributed by atoms with Gasteiger partial charge in [0.15, 0.2) is 0 Å². The second-order valence-corrected chi connectivity index (χ2v) is 9.24. The van der Waals surface area contributed by atoms with Crippen LogP contribution in [0.5, 0.6) is 0 Å². The third kappa shape index (κ3) is 3.01. The molecule has 0 aliphatic rings. The van der Waals surface area contributed by atoms with Crippen molar-refractivity contribution in [3.05, 3.63) is 120 Å². The molecule has 0 saturated heterocycles. The Bertz CT molecular complexity index is 1840. The first-order chi connectivity index (χ1) is 18.5. The maximum Gasteiger partial charge on any atom is 0.337 e. The van der Waals surface area contributed by atoms with Crippen LogP contribution >= 0.6 is 0 Å². The molecule has 0 aliphatic heterocycles. The lowest BCUT2D eigenvalue weighted by atomic mass is 10.0. The van der Waals surface area contributed by atoms with Crippen molar-refractivity contribution in [2.24, 2.45) is 0 Å². The second kappa shape index (κ2) is 8.08. The fraction of sp³-hybridized carbons (Fsp3) is 0. The fourth-order valence-electron chi connectivity index (χ4n) is 5.65. The van der Waals surface area contributed by atoms with Gasteiger partial charge in [-0.1, -0.05) is 72.8 Å². The van der Waals surface area contributed by atoms with Crippen molar-refractivity contribution in [3.8, 4) is 11.4 Å². The van der Waals surface area contributed by atoms with Crippen LogP contribution in [0.1, 0.15) is 20.7 Å². The highest BCUT2D eigenvalue weighted by atomic mass is 16.4. The molecule has 6 heteroatoms. The van der Waals surface area contributed by atoms with Crippen molar-refractivity contribution in [1.82, 2.24) is 9.13 Å². The third-order valence-electron chi connectivity index (χ3n) is 7.22. The molecule has 2 aromatic heterocycles. The van der Waals surface area contributed by atoms with Gasteiger partial charge in [0.25, 0.3) is 0 Å². The largest absolute Gasteiger partial charge is 0.478 e. The van der Waals surface area contributed by atoms with E-state index in [1.807, 2.05) is 106 Å². The normalized spacial score (nSPS) is 11.6. The Kier molecular flexibility index (Phi) is 4.65. The van der Waals surface area contributed by atoms with Crippen LogP contribution in [0.3, 0.4) is 0 Å². The maximum atomic E-state index is 12.6. The summed E-state index contributed by atoms with van der Waals surface area (Å²) in [5.41, 5.74) is 3.99. The third-order valence-corrected chi connectivity index (χ3v) is 7.22. The molecule has 0 spiro atoms. The number of benzene rings is 5. The first kappa shape index (κ1) is 21.9. The number of para-hydroxylation sites is 4. The Morgan fingerprint density at radius 2 is 0.737 bits per heavy atom. The smallest absolute Gasteiger partial charge is 0.337 e. The number of aromatic carboxylic acids is 2. The topological polar surface area (TPSA) is 84.5 Å². The molecule has 0 atom stereocenters. The molecule has 182 valence electrons. The molecule has 38 heavy (non-hydrogen) atoms. The molecule has 0 radical (unpaired) electrons. The zero-order valence-corrected chi connectivity index (χ0v) is 20.0. The van der Waals surface area contributed by atoms with Gasteiger partial charge in [-0.25, -0.2) is 9.59 Å². The van der Waals surface area contributed by atoms with Gasteiger partial charge in [0.2, 0.25) is 0 Å². The number of hydrogen-bond donors (Lipinski definition) is 2. The van der Waals surface area contributed by atoms with Gasteiger partial charge in [0, 0.05) is 21.5 Å². The van der Waals surface area contributed by atoms with E-state index >= 15 is 0 Å². The number of fused-ring (bicyclic) bond motifs is 6. The number of rotatable bonds is 4. The van der Waals surface area contributed by atoms with Crippen molar-refractivity contribution in [1.29, 1.82) is 0 Å². The van der Waals surface area contributed by atoms with Crippen molar-refractivity contribution in [2.45, 2.75) is 0 Å². The molecule has 0 saturated carbocycles. The highest BCUT2D eigenvalue weighted by molar-refractivity contribution is 6.12. The standard InChI is InChI=1S/C32H20N2O4/c35-31(36)23-17-24(32(37)38)30(34-27-15-7-3-11-21(27)22-12-4-8-16-28(22)34)18-29(23)33-25-13-5-1-9-19(25)20-10-2-6-14-26(20)33/h1-18H,(H,35,36)(H,37,38). The quantitative estimate of drug-likeness (QED) is 0.268. The van der Waals surface area contributed by atoms with E-state index in [1.165, 1.54) is 6.07 Å². The van der Waals surface area contributed by atoms with Gasteiger partial charge in [-0.05, 0) is 36.4 Å². The lowest BCUT2D eigenvalue weighted by Gasteiger charge is -2.17. The Morgan fingerprint density at radius 1 is 0.447 bits per heavy atom. The SMILES string of the molecule is O=C(O)c1cc(C(=O)O)c(-n2c3ccccc3c3ccccc32)cc1-n1c2ccccc2c2ccccc21. The van der Waals surface area contributed by atoms with E-state index in [1.54, 1.807) is 6.07 Å². The van der Waals surface area contributed by atoms with Crippen molar-refractivity contribution in [2.75, 3.05) is 0 Å². The number of nitrogens with zero attached hydrogens (tertiary/aromatic N) is 2. The van der Waals surface area contributed by atoms with Crippen LogP contribution in [0.4, 0.5) is 0 Å². The lowest BCUT2D eigenvalue weighted by molar-refractivity contribution is 0.0696. The van der Waals surface area contributed by atoms with Crippen LogP contribution in [0.15, 0.2) is 109 Å². The predicted molar refractivity (Wildman–Crippen MR) is 149 cm³/mol. The predicted octanol–water partition coefficient (Wildman–Crippen LogP) is 7.28. The molecule has 0 aliphatic carbocycles. The van der Waals surface area contributed by atoms with E-state index in [2.05, 4.69) is 0 Å². The Labute approximate surface area is 216 Å². The summed E-state index contributed by atoms with van der Waals surface area (Å²) in [5.74, 6) is -2.39. The van der Waals surface area contributed by atoms with Gasteiger partial charge in [-0.2, -0.15) is 0 Å². The number of carbonyl (C=O) groups is 2. The molecule has 2 heterocycles. The van der Waals surface area contributed by atoms with Crippen LogP contribution in [-0.2, 0) is 0 Å². The lowest BCUT2D eigenvalue weighted by Crippen LogP contribution is -2.12. The van der Waals surface area contributed by atoms with E-state index in [0.29, 0.717) is 11.4 Å². The molecule has 0 amide bonds. The average molecular weight is 497 g/mol. The van der Waals surface area contributed by atoms with E-state index < -0.39 is 11.9 Å². The second-order valence-electron chi connectivity index (χ2n) is 9.24. The highest BCUT2D eigenvalue weighted by Crippen LogP contribution is 2.37. The minimum atomic E-state index is -1.20. The summed E-state index contributed by atoms with van der Waals surface area (Å²) >= 11 is 0. The summed E-state index contributed by atoms with van der Waals surface area (Å²) in [7, 11) is 0. The molecular weight excluding hydrogens is 476 g/mol. The average Bonchev–Trinajstić information content (AvgIpc) is 3.45. The van der Waals surface area contributed by atoms with E-state index in [-0.39, 0.29) is 11.1 Å². The van der Waals surface area contributed by atoms with Crippen molar-refractivity contribution < 1.29 is 19.8 Å². The molecular formula is C32H20N2O4. The molecule has 0 unspecified atom stereocenters. The Balaban J connectivity index is 1.68. The van der Waals surface area contributed by atoms with Gasteiger partial charge in [0.1, 0.15) is 0 Å². The van der Waals surface area contributed by atoms with Crippen LogP contribution in [-0.4, -0.2) is 31.3 Å². The van der Waals surface area contributed by atoms with E-state index in [0.717, 1.165) is 43.6 Å². The Hall–Kier alpha value is -5.36. The van der Waals surface area contributed by atoms with Crippen LogP contribution in [0.2, 0.25) is 0 Å². The fourth-order valence-corrected chi connectivity index (χ4v) is 5.65. The minimum Gasteiger partial charge on any atom is -0.478 e. The van der Waals surface area contributed by atoms with Gasteiger partial charge in [-0.3, -0.25) is 0 Å². The number of carboxylic acid groups (broad SMARTS) is 2. The van der Waals surface area contributed by atoms with E-state index in [4.69, 9.17) is 0 Å². The van der Waals surface area contributed by atoms with Crippen LogP contribution < -0.4 is 0 Å². The molecule has 0 fully saturated rings. The van der Waals surface area contributed by atoms with E-state index in [9.17, 15) is 19.8 Å². The van der Waals surface area contributed by atoms with Gasteiger partial charge in [-0.15, -0.1) is 0 Å². The summed E-state index contributed by atoms with van der Waals surface area (Å²) in [6.07, 6.45) is 0. The number of aromatic nitrogens is 2. The van der Waals surface area contributed by atoms with Crippen LogP contribution in [0.25, 0.3) is 55.0 Å². The molecule has 5 aromatic carbocycles. The zero-order valence-electron chi connectivity index (χ0n) is 20.0. The van der Waals surface area contributed by atoms with Crippen molar-refractivity contribution in [3.63, 3.8) is 0 Å². The first-order valence-corrected chi connectivity index (χ1v) is 12.2. The summed E-state index contributed by atoms with van der Waals surface area (Å²) in [6, 6.07) is 34.3. The first-order valence-electron chi connectivity index (χ1n) is 12.2. The summed E-state index contributed by atoms with van der Waals surface area (Å²) < 4.78 is 3.83. The summed E-state index contributed by atoms with van der Waals surface area (Å²) in [5, 5.41) is 24.5. The van der Waals surface area contributed by atoms with Gasteiger partial charge in [0.05, 0.1) is 44.6 Å². The van der Waals surface area contributed by atoms with Crippen molar-refractivity contribution >= 4 is 55.6 Å². The Morgan fingerprint density at radius 3 is 1.03 bits per heavy atom. The molecule has 7 rings (SSSR count). The monoisotopic (exact) mass is 496 g/mol. The minimum absolute atomic E-state index is 0.0848. The van der Waals surface area contributed by atoms with Crippen LogP contribution in [0, 0.1) is 0 Å². The maximum absolute atomic E-state index is 12.6. The van der Waals surface area contributed by atoms with Gasteiger partial charge >= 0.3 is 11.9 Å². The highest BCUT2D eigenvalue weighted by Gasteiger charge is 2.25. The number of hydrogen-bond acceptors (Lipinski definition) is 2. The summed E-state index contributed by atoms with van der Waals surface area (Å²) in [4.78, 5) is 25.1. The molecule has 2 N–H and O–H groups in total. The van der Waals surface area contributed by atoms with Gasteiger partial charge < -0.3 is 19.3 Å². The zero-order chi connectivity index (χ0) is 26.0. The molecule has 6 nitrogen and oxygen atoms in total. The number of carboxylic acids is 2. The summed E-state index contributed by atoms with van der Waals surface area (Å²) in [6.45, 7) is 0. The molecule has 7 aromatic rings. The molecule has 0 bridgehead atoms.